The molecule has 0 aliphatic carbocycles. The van der Waals surface area contributed by atoms with Crippen LogP contribution >= 0.6 is 11.3 Å². The quantitative estimate of drug-likeness (QED) is 0.593. The fraction of sp³-hybridized carbons (Fsp3) is 0.500. The van der Waals surface area contributed by atoms with Crippen LogP contribution in [0.1, 0.15) is 43.2 Å². The number of benzene rings is 1. The number of hydrogen-bond donors (Lipinski definition) is 2. The molecule has 2 amide bonds. The van der Waals surface area contributed by atoms with E-state index in [2.05, 4.69) is 27.4 Å². The van der Waals surface area contributed by atoms with Crippen LogP contribution < -0.4 is 10.6 Å². The average Bonchev–Trinajstić information content (AvgIpc) is 3.21. The Morgan fingerprint density at radius 2 is 1.91 bits per heavy atom. The molecule has 7 nitrogen and oxygen atoms in total. The monoisotopic (exact) mass is 466 g/mol. The van der Waals surface area contributed by atoms with Crippen molar-refractivity contribution in [1.29, 1.82) is 0 Å². The summed E-state index contributed by atoms with van der Waals surface area (Å²) in [4.78, 5) is 32.8. The van der Waals surface area contributed by atoms with E-state index in [1.165, 1.54) is 11.3 Å². The molecule has 1 fully saturated rings. The van der Waals surface area contributed by atoms with Gasteiger partial charge in [-0.15, -0.1) is 11.3 Å². The molecule has 1 aromatic carbocycles. The molecule has 10 heteroatoms. The van der Waals surface area contributed by atoms with E-state index in [0.29, 0.717) is 31.2 Å². The van der Waals surface area contributed by atoms with Crippen LogP contribution in [0.25, 0.3) is 0 Å². The zero-order valence-corrected chi connectivity index (χ0v) is 19.0. The van der Waals surface area contributed by atoms with Crippen molar-refractivity contribution >= 4 is 28.3 Å². The fourth-order valence-corrected chi connectivity index (χ4v) is 4.48. The van der Waals surface area contributed by atoms with Gasteiger partial charge in [0.15, 0.2) is 5.13 Å². The molecule has 0 bridgehead atoms. The topological polar surface area (TPSA) is 83.6 Å². The van der Waals surface area contributed by atoms with Gasteiger partial charge in [0.1, 0.15) is 17.7 Å². The van der Waals surface area contributed by atoms with Gasteiger partial charge >= 0.3 is 0 Å². The third-order valence-electron chi connectivity index (χ3n) is 5.27. The number of amides is 2. The second kappa shape index (κ2) is 11.4. The molecule has 2 atom stereocenters. The molecule has 3 rings (SSSR count). The van der Waals surface area contributed by atoms with Crippen LogP contribution in [0.2, 0.25) is 0 Å². The normalized spacial score (nSPS) is 16.4. The van der Waals surface area contributed by atoms with Crippen molar-refractivity contribution in [2.45, 2.75) is 45.2 Å². The van der Waals surface area contributed by atoms with Gasteiger partial charge in [0.05, 0.1) is 19.6 Å². The van der Waals surface area contributed by atoms with E-state index in [0.717, 1.165) is 36.2 Å². The standard InChI is InChI=1S/C22H28F2N4O3S/c1-3-4-18(26-20(29)11-15-9-16(23)12-17(24)10-15)21(30)27-22-25-13-19(32-22)14(2)28-5-7-31-8-6-28/h9-10,12-14,18H,3-8,11H2,1-2H3,(H,26,29)(H,25,27,30)/t14?,18-/m0/s1. The Balaban J connectivity index is 1.58. The van der Waals surface area contributed by atoms with Crippen molar-refractivity contribution in [2.24, 2.45) is 0 Å². The summed E-state index contributed by atoms with van der Waals surface area (Å²) >= 11 is 1.40. The number of nitrogens with one attached hydrogen (secondary N) is 2. The molecule has 1 unspecified atom stereocenters. The van der Waals surface area contributed by atoms with E-state index in [9.17, 15) is 18.4 Å². The lowest BCUT2D eigenvalue weighted by Crippen LogP contribution is -2.44. The Labute approximate surface area is 190 Å². The van der Waals surface area contributed by atoms with Gasteiger partial charge in [0.25, 0.3) is 0 Å². The van der Waals surface area contributed by atoms with Gasteiger partial charge in [-0.25, -0.2) is 13.8 Å². The third kappa shape index (κ3) is 6.78. The number of anilines is 1. The van der Waals surface area contributed by atoms with Crippen LogP contribution in [-0.4, -0.2) is 54.0 Å². The number of carbonyl (C=O) groups is 2. The second-order valence-electron chi connectivity index (χ2n) is 7.74. The molecular formula is C22H28F2N4O3S. The lowest BCUT2D eigenvalue weighted by atomic mass is 10.1. The number of halogens is 2. The molecule has 0 spiro atoms. The molecule has 32 heavy (non-hydrogen) atoms. The minimum Gasteiger partial charge on any atom is -0.379 e. The minimum absolute atomic E-state index is 0.167. The first-order chi connectivity index (χ1) is 15.4. The number of morpholine rings is 1. The molecule has 174 valence electrons. The predicted molar refractivity (Wildman–Crippen MR) is 118 cm³/mol. The van der Waals surface area contributed by atoms with Crippen molar-refractivity contribution in [3.05, 3.63) is 46.5 Å². The summed E-state index contributed by atoms with van der Waals surface area (Å²) in [7, 11) is 0. The molecule has 2 heterocycles. The first kappa shape index (κ1) is 24.2. The van der Waals surface area contributed by atoms with Gasteiger partial charge in [-0.3, -0.25) is 14.5 Å². The van der Waals surface area contributed by atoms with Crippen molar-refractivity contribution in [3.8, 4) is 0 Å². The van der Waals surface area contributed by atoms with Gasteiger partial charge in [0, 0.05) is 36.3 Å². The molecule has 1 aliphatic rings. The predicted octanol–water partition coefficient (Wildman–Crippen LogP) is 3.28. The number of nitrogens with zero attached hydrogens (tertiary/aromatic N) is 2. The summed E-state index contributed by atoms with van der Waals surface area (Å²) in [5, 5.41) is 5.91. The van der Waals surface area contributed by atoms with Crippen molar-refractivity contribution < 1.29 is 23.1 Å². The molecule has 1 aromatic heterocycles. The van der Waals surface area contributed by atoms with Crippen LogP contribution in [0.15, 0.2) is 24.4 Å². The van der Waals surface area contributed by atoms with Crippen LogP contribution in [0.5, 0.6) is 0 Å². The van der Waals surface area contributed by atoms with Gasteiger partial charge in [0.2, 0.25) is 11.8 Å². The molecule has 1 saturated heterocycles. The summed E-state index contributed by atoms with van der Waals surface area (Å²) in [6.45, 7) is 7.10. The second-order valence-corrected chi connectivity index (χ2v) is 8.81. The van der Waals surface area contributed by atoms with E-state index < -0.39 is 23.6 Å². The Morgan fingerprint density at radius 3 is 2.56 bits per heavy atom. The summed E-state index contributed by atoms with van der Waals surface area (Å²) in [5.74, 6) is -2.35. The Morgan fingerprint density at radius 1 is 1.22 bits per heavy atom. The lowest BCUT2D eigenvalue weighted by molar-refractivity contribution is -0.126. The molecule has 0 radical (unpaired) electrons. The summed E-state index contributed by atoms with van der Waals surface area (Å²) in [6, 6.07) is 2.35. The number of carbonyl (C=O) groups excluding carboxylic acids is 2. The number of ether oxygens (including phenoxy) is 1. The third-order valence-corrected chi connectivity index (χ3v) is 6.36. The minimum atomic E-state index is -0.769. The zero-order valence-electron chi connectivity index (χ0n) is 18.2. The van der Waals surface area contributed by atoms with Gasteiger partial charge in [-0.2, -0.15) is 0 Å². The highest BCUT2D eigenvalue weighted by molar-refractivity contribution is 7.15. The van der Waals surface area contributed by atoms with Crippen molar-refractivity contribution in [2.75, 3.05) is 31.6 Å². The largest absolute Gasteiger partial charge is 0.379 e. The first-order valence-corrected chi connectivity index (χ1v) is 11.5. The van der Waals surface area contributed by atoms with E-state index in [4.69, 9.17) is 4.74 Å². The molecule has 0 saturated carbocycles. The smallest absolute Gasteiger partial charge is 0.248 e. The summed E-state index contributed by atoms with van der Waals surface area (Å²) in [6.07, 6.45) is 2.63. The molecule has 1 aliphatic heterocycles. The Bertz CT molecular complexity index is 913. The Hall–Kier alpha value is -2.43. The van der Waals surface area contributed by atoms with Crippen molar-refractivity contribution in [3.63, 3.8) is 0 Å². The van der Waals surface area contributed by atoms with Crippen LogP contribution in [0.3, 0.4) is 0 Å². The zero-order chi connectivity index (χ0) is 23.1. The fourth-order valence-electron chi connectivity index (χ4n) is 3.58. The summed E-state index contributed by atoms with van der Waals surface area (Å²) in [5.41, 5.74) is 0.206. The van der Waals surface area contributed by atoms with Crippen LogP contribution in [0, 0.1) is 11.6 Å². The highest BCUT2D eigenvalue weighted by atomic mass is 32.1. The number of thiazole rings is 1. The van der Waals surface area contributed by atoms with E-state index in [1.807, 2.05) is 6.92 Å². The maximum atomic E-state index is 13.4. The van der Waals surface area contributed by atoms with Gasteiger partial charge in [-0.1, -0.05) is 13.3 Å². The molecule has 2 aromatic rings. The van der Waals surface area contributed by atoms with Gasteiger partial charge < -0.3 is 15.4 Å². The van der Waals surface area contributed by atoms with Crippen LogP contribution in [-0.2, 0) is 20.7 Å². The Kier molecular flexibility index (Phi) is 8.66. The number of hydrogen-bond acceptors (Lipinski definition) is 6. The van der Waals surface area contributed by atoms with Gasteiger partial charge in [-0.05, 0) is 31.0 Å². The summed E-state index contributed by atoms with van der Waals surface area (Å²) < 4.78 is 32.1. The number of aromatic nitrogens is 1. The maximum Gasteiger partial charge on any atom is 0.248 e. The molecule has 2 N–H and O–H groups in total. The highest BCUT2D eigenvalue weighted by Crippen LogP contribution is 2.29. The number of rotatable bonds is 9. The highest BCUT2D eigenvalue weighted by Gasteiger charge is 2.24. The average molecular weight is 467 g/mol. The van der Waals surface area contributed by atoms with Crippen molar-refractivity contribution in [1.82, 2.24) is 15.2 Å². The SMILES string of the molecule is CCC[C@H](NC(=O)Cc1cc(F)cc(F)c1)C(=O)Nc1ncc(C(C)N2CCOCC2)s1. The van der Waals surface area contributed by atoms with Crippen LogP contribution in [0.4, 0.5) is 13.9 Å². The molecular weight excluding hydrogens is 438 g/mol. The lowest BCUT2D eigenvalue weighted by Gasteiger charge is -2.31. The maximum absolute atomic E-state index is 13.4. The van der Waals surface area contributed by atoms with E-state index in [-0.39, 0.29) is 23.9 Å². The first-order valence-electron chi connectivity index (χ1n) is 10.7. The van der Waals surface area contributed by atoms with E-state index >= 15 is 0 Å². The van der Waals surface area contributed by atoms with E-state index in [1.54, 1.807) is 6.20 Å².